The monoisotopic (exact) mass is 283 g/mol. The Morgan fingerprint density at radius 1 is 1.15 bits per heavy atom. The summed E-state index contributed by atoms with van der Waals surface area (Å²) >= 11 is 0. The first-order valence-corrected chi connectivity index (χ1v) is 8.41. The van der Waals surface area contributed by atoms with Gasteiger partial charge in [-0.3, -0.25) is 0 Å². The SMILES string of the molecule is CC(C)(C)C1CCC(O)C(CN2CCC(CCO)C2)C1. The van der Waals surface area contributed by atoms with Crippen LogP contribution >= 0.6 is 0 Å². The number of aliphatic hydroxyl groups is 2. The zero-order chi connectivity index (χ0) is 14.8. The molecule has 3 heteroatoms. The molecular formula is C17H33NO2. The zero-order valence-electron chi connectivity index (χ0n) is 13.5. The van der Waals surface area contributed by atoms with E-state index in [9.17, 15) is 5.11 Å². The fraction of sp³-hybridized carbons (Fsp3) is 1.00. The van der Waals surface area contributed by atoms with Crippen molar-refractivity contribution < 1.29 is 10.2 Å². The zero-order valence-corrected chi connectivity index (χ0v) is 13.5. The number of nitrogens with zero attached hydrogens (tertiary/aromatic N) is 1. The molecule has 1 aliphatic carbocycles. The lowest BCUT2D eigenvalue weighted by atomic mass is 9.68. The predicted octanol–water partition coefficient (Wildman–Crippen LogP) is 2.51. The molecule has 2 rings (SSSR count). The molecule has 0 aromatic rings. The van der Waals surface area contributed by atoms with Gasteiger partial charge >= 0.3 is 0 Å². The fourth-order valence-corrected chi connectivity index (χ4v) is 4.06. The fourth-order valence-electron chi connectivity index (χ4n) is 4.06. The highest BCUT2D eigenvalue weighted by atomic mass is 16.3. The van der Waals surface area contributed by atoms with Crippen molar-refractivity contribution in [3.05, 3.63) is 0 Å². The third kappa shape index (κ3) is 4.19. The summed E-state index contributed by atoms with van der Waals surface area (Å²) in [4.78, 5) is 2.51. The summed E-state index contributed by atoms with van der Waals surface area (Å²) in [7, 11) is 0. The first kappa shape index (κ1) is 16.3. The minimum absolute atomic E-state index is 0.106. The molecule has 3 nitrogen and oxygen atoms in total. The maximum Gasteiger partial charge on any atom is 0.0580 e. The topological polar surface area (TPSA) is 43.7 Å². The van der Waals surface area contributed by atoms with E-state index in [1.165, 1.54) is 19.3 Å². The van der Waals surface area contributed by atoms with Crippen LogP contribution < -0.4 is 0 Å². The lowest BCUT2D eigenvalue weighted by Gasteiger charge is -2.41. The molecule has 0 bridgehead atoms. The van der Waals surface area contributed by atoms with E-state index < -0.39 is 0 Å². The summed E-state index contributed by atoms with van der Waals surface area (Å²) in [5.74, 6) is 1.85. The van der Waals surface area contributed by atoms with E-state index in [0.717, 1.165) is 38.4 Å². The Kier molecular flexibility index (Phi) is 5.49. The Morgan fingerprint density at radius 2 is 1.90 bits per heavy atom. The predicted molar refractivity (Wildman–Crippen MR) is 82.5 cm³/mol. The number of hydrogen-bond acceptors (Lipinski definition) is 3. The Labute approximate surface area is 124 Å². The van der Waals surface area contributed by atoms with Crippen molar-refractivity contribution in [3.63, 3.8) is 0 Å². The summed E-state index contributed by atoms with van der Waals surface area (Å²) in [6, 6.07) is 0. The van der Waals surface area contributed by atoms with Gasteiger partial charge in [0.05, 0.1) is 6.10 Å². The molecule has 2 N–H and O–H groups in total. The van der Waals surface area contributed by atoms with E-state index in [1.807, 2.05) is 0 Å². The lowest BCUT2D eigenvalue weighted by Crippen LogP contribution is -2.40. The van der Waals surface area contributed by atoms with Gasteiger partial charge in [-0.15, -0.1) is 0 Å². The third-order valence-corrected chi connectivity index (χ3v) is 5.57. The molecule has 0 aromatic carbocycles. The number of aliphatic hydroxyl groups excluding tert-OH is 2. The van der Waals surface area contributed by atoms with Gasteiger partial charge in [-0.05, 0) is 61.8 Å². The molecule has 118 valence electrons. The third-order valence-electron chi connectivity index (χ3n) is 5.57. The van der Waals surface area contributed by atoms with Gasteiger partial charge in [-0.2, -0.15) is 0 Å². The minimum atomic E-state index is -0.106. The minimum Gasteiger partial charge on any atom is -0.396 e. The van der Waals surface area contributed by atoms with Crippen molar-refractivity contribution in [2.75, 3.05) is 26.2 Å². The summed E-state index contributed by atoms with van der Waals surface area (Å²) in [5, 5.41) is 19.4. The number of likely N-dealkylation sites (tertiary alicyclic amines) is 1. The second-order valence-electron chi connectivity index (χ2n) is 8.13. The second-order valence-corrected chi connectivity index (χ2v) is 8.13. The number of hydrogen-bond donors (Lipinski definition) is 2. The summed E-state index contributed by atoms with van der Waals surface area (Å²) in [6.45, 7) is 10.6. The molecule has 0 amide bonds. The van der Waals surface area contributed by atoms with Gasteiger partial charge in [0.2, 0.25) is 0 Å². The Bertz CT molecular complexity index is 300. The van der Waals surface area contributed by atoms with Gasteiger partial charge in [-0.25, -0.2) is 0 Å². The molecule has 4 unspecified atom stereocenters. The quantitative estimate of drug-likeness (QED) is 0.833. The van der Waals surface area contributed by atoms with Crippen molar-refractivity contribution in [1.82, 2.24) is 4.90 Å². The van der Waals surface area contributed by atoms with Crippen molar-refractivity contribution in [3.8, 4) is 0 Å². The highest BCUT2D eigenvalue weighted by Crippen LogP contribution is 2.40. The van der Waals surface area contributed by atoms with Crippen molar-refractivity contribution >= 4 is 0 Å². The van der Waals surface area contributed by atoms with Gasteiger partial charge in [0, 0.05) is 19.7 Å². The summed E-state index contributed by atoms with van der Waals surface area (Å²) < 4.78 is 0. The van der Waals surface area contributed by atoms with Crippen LogP contribution in [0.25, 0.3) is 0 Å². The highest BCUT2D eigenvalue weighted by molar-refractivity contribution is 4.88. The Morgan fingerprint density at radius 3 is 2.55 bits per heavy atom. The maximum atomic E-state index is 10.3. The van der Waals surface area contributed by atoms with E-state index in [-0.39, 0.29) is 6.10 Å². The summed E-state index contributed by atoms with van der Waals surface area (Å²) in [5.41, 5.74) is 0.364. The van der Waals surface area contributed by atoms with Crippen molar-refractivity contribution in [2.24, 2.45) is 23.2 Å². The van der Waals surface area contributed by atoms with Crippen LogP contribution in [-0.4, -0.2) is 47.5 Å². The molecule has 4 atom stereocenters. The molecule has 20 heavy (non-hydrogen) atoms. The van der Waals surface area contributed by atoms with E-state index >= 15 is 0 Å². The molecule has 1 saturated carbocycles. The second kappa shape index (κ2) is 6.76. The Balaban J connectivity index is 1.85. The molecule has 1 saturated heterocycles. The molecule has 0 aromatic heterocycles. The van der Waals surface area contributed by atoms with E-state index in [4.69, 9.17) is 5.11 Å². The first-order chi connectivity index (χ1) is 9.40. The van der Waals surface area contributed by atoms with Crippen LogP contribution in [0.4, 0.5) is 0 Å². The van der Waals surface area contributed by atoms with Gasteiger partial charge in [0.15, 0.2) is 0 Å². The standard InChI is InChI=1S/C17H33NO2/c1-17(2,3)15-4-5-16(20)14(10-15)12-18-8-6-13(11-18)7-9-19/h13-16,19-20H,4-12H2,1-3H3. The maximum absolute atomic E-state index is 10.3. The largest absolute Gasteiger partial charge is 0.396 e. The molecule has 2 fully saturated rings. The highest BCUT2D eigenvalue weighted by Gasteiger charge is 2.36. The van der Waals surface area contributed by atoms with Crippen LogP contribution in [0.2, 0.25) is 0 Å². The smallest absolute Gasteiger partial charge is 0.0580 e. The van der Waals surface area contributed by atoms with Crippen LogP contribution in [0.5, 0.6) is 0 Å². The average Bonchev–Trinajstić information content (AvgIpc) is 2.78. The molecule has 0 radical (unpaired) electrons. The van der Waals surface area contributed by atoms with E-state index in [1.54, 1.807) is 0 Å². The normalized spacial score (nSPS) is 36.5. The molecule has 1 aliphatic heterocycles. The molecule has 0 spiro atoms. The van der Waals surface area contributed by atoms with Gasteiger partial charge in [0.1, 0.15) is 0 Å². The molecule has 1 heterocycles. The van der Waals surface area contributed by atoms with Gasteiger partial charge in [-0.1, -0.05) is 20.8 Å². The van der Waals surface area contributed by atoms with Crippen LogP contribution in [0.1, 0.15) is 52.9 Å². The molecule has 2 aliphatic rings. The number of rotatable bonds is 4. The van der Waals surface area contributed by atoms with Gasteiger partial charge < -0.3 is 15.1 Å². The van der Waals surface area contributed by atoms with Gasteiger partial charge in [0.25, 0.3) is 0 Å². The van der Waals surface area contributed by atoms with Crippen LogP contribution in [0, 0.1) is 23.2 Å². The van der Waals surface area contributed by atoms with E-state index in [2.05, 4.69) is 25.7 Å². The average molecular weight is 283 g/mol. The summed E-state index contributed by atoms with van der Waals surface area (Å²) in [6.07, 6.45) is 5.37. The van der Waals surface area contributed by atoms with Crippen molar-refractivity contribution in [1.29, 1.82) is 0 Å². The molecular weight excluding hydrogens is 250 g/mol. The lowest BCUT2D eigenvalue weighted by molar-refractivity contribution is 0.00569. The van der Waals surface area contributed by atoms with E-state index in [0.29, 0.717) is 23.9 Å². The first-order valence-electron chi connectivity index (χ1n) is 8.41. The Hall–Kier alpha value is -0.120. The van der Waals surface area contributed by atoms with Crippen LogP contribution in [0.3, 0.4) is 0 Å². The van der Waals surface area contributed by atoms with Crippen LogP contribution in [0.15, 0.2) is 0 Å². The van der Waals surface area contributed by atoms with Crippen molar-refractivity contribution in [2.45, 2.75) is 59.0 Å². The van der Waals surface area contributed by atoms with Crippen LogP contribution in [-0.2, 0) is 0 Å².